The SMILES string of the molecule is C=C1C(=O)O[C@H]2C[C@@]3(C)C[C@@H]3CCC(C)=CCCC(C)=CC[C@H]12. The zero-order chi connectivity index (χ0) is 16.6. The van der Waals surface area contributed by atoms with Crippen LogP contribution in [0.1, 0.15) is 65.7 Å². The smallest absolute Gasteiger partial charge is 0.334 e. The first-order valence-electron chi connectivity index (χ1n) is 9.10. The van der Waals surface area contributed by atoms with Gasteiger partial charge in [0.1, 0.15) is 6.10 Å². The van der Waals surface area contributed by atoms with Gasteiger partial charge in [-0.05, 0) is 70.1 Å². The average Bonchev–Trinajstić information content (AvgIpc) is 3.05. The van der Waals surface area contributed by atoms with Gasteiger partial charge in [0, 0.05) is 11.5 Å². The highest BCUT2D eigenvalue weighted by molar-refractivity contribution is 5.90. The third-order valence-electron chi connectivity index (χ3n) is 6.26. The molecule has 1 heterocycles. The third kappa shape index (κ3) is 3.62. The van der Waals surface area contributed by atoms with Gasteiger partial charge in [0.05, 0.1) is 0 Å². The monoisotopic (exact) mass is 314 g/mol. The van der Waals surface area contributed by atoms with Crippen molar-refractivity contribution in [2.24, 2.45) is 17.3 Å². The van der Waals surface area contributed by atoms with Crippen molar-refractivity contribution in [3.8, 4) is 0 Å². The zero-order valence-electron chi connectivity index (χ0n) is 14.9. The predicted molar refractivity (Wildman–Crippen MR) is 93.9 cm³/mol. The summed E-state index contributed by atoms with van der Waals surface area (Å²) in [7, 11) is 0. The molecule has 3 aliphatic rings. The number of carbonyl (C=O) groups is 1. The Labute approximate surface area is 140 Å². The van der Waals surface area contributed by atoms with E-state index in [2.05, 4.69) is 39.5 Å². The molecule has 126 valence electrons. The molecule has 0 aromatic rings. The first-order chi connectivity index (χ1) is 10.9. The molecule has 2 aliphatic carbocycles. The topological polar surface area (TPSA) is 26.3 Å². The van der Waals surface area contributed by atoms with Crippen LogP contribution < -0.4 is 0 Å². The molecular formula is C21H30O2. The Morgan fingerprint density at radius 1 is 1.17 bits per heavy atom. The van der Waals surface area contributed by atoms with Crippen LogP contribution in [0, 0.1) is 17.3 Å². The first-order valence-corrected chi connectivity index (χ1v) is 9.10. The van der Waals surface area contributed by atoms with Crippen LogP contribution in [0.2, 0.25) is 0 Å². The van der Waals surface area contributed by atoms with Crippen molar-refractivity contribution < 1.29 is 9.53 Å². The Morgan fingerprint density at radius 3 is 2.70 bits per heavy atom. The van der Waals surface area contributed by atoms with Gasteiger partial charge in [0.2, 0.25) is 0 Å². The second-order valence-electron chi connectivity index (χ2n) is 8.25. The highest BCUT2D eigenvalue weighted by Crippen LogP contribution is 2.59. The summed E-state index contributed by atoms with van der Waals surface area (Å²) in [5.41, 5.74) is 3.98. The van der Waals surface area contributed by atoms with E-state index < -0.39 is 0 Å². The summed E-state index contributed by atoms with van der Waals surface area (Å²) in [6.45, 7) is 10.8. The molecule has 3 rings (SSSR count). The van der Waals surface area contributed by atoms with Gasteiger partial charge in [0.25, 0.3) is 0 Å². The summed E-state index contributed by atoms with van der Waals surface area (Å²) in [5.74, 6) is 0.795. The van der Waals surface area contributed by atoms with Gasteiger partial charge >= 0.3 is 5.97 Å². The molecule has 1 saturated heterocycles. The van der Waals surface area contributed by atoms with Crippen LogP contribution in [-0.2, 0) is 9.53 Å². The molecule has 0 N–H and O–H groups in total. The van der Waals surface area contributed by atoms with E-state index in [1.807, 2.05) is 0 Å². The minimum atomic E-state index is -0.173. The van der Waals surface area contributed by atoms with Gasteiger partial charge in [-0.3, -0.25) is 0 Å². The van der Waals surface area contributed by atoms with Gasteiger partial charge in [0.15, 0.2) is 0 Å². The molecule has 2 fully saturated rings. The molecular weight excluding hydrogens is 284 g/mol. The van der Waals surface area contributed by atoms with E-state index in [1.165, 1.54) is 30.4 Å². The van der Waals surface area contributed by atoms with Gasteiger partial charge in [-0.2, -0.15) is 0 Å². The Hall–Kier alpha value is -1.31. The van der Waals surface area contributed by atoms with Crippen molar-refractivity contribution in [1.82, 2.24) is 0 Å². The lowest BCUT2D eigenvalue weighted by molar-refractivity contribution is -0.139. The summed E-state index contributed by atoms with van der Waals surface area (Å²) >= 11 is 0. The Morgan fingerprint density at radius 2 is 1.91 bits per heavy atom. The third-order valence-corrected chi connectivity index (χ3v) is 6.26. The molecule has 0 aromatic heterocycles. The standard InChI is InChI=1S/C21H30O2/c1-14-6-5-7-15(2)9-11-18-16(3)20(22)23-19(18)13-21(4)12-17(21)10-8-14/h6,9,17-19H,3,5,7-8,10-13H2,1-2,4H3/t17-,18+,19-,21+/m0/s1. The van der Waals surface area contributed by atoms with Crippen LogP contribution in [0.4, 0.5) is 0 Å². The first kappa shape index (κ1) is 16.5. The summed E-state index contributed by atoms with van der Waals surface area (Å²) in [5, 5.41) is 0. The number of rotatable bonds is 0. The minimum absolute atomic E-state index is 0.0358. The molecule has 0 unspecified atom stereocenters. The molecule has 0 radical (unpaired) electrons. The molecule has 0 spiro atoms. The van der Waals surface area contributed by atoms with Gasteiger partial charge in [-0.25, -0.2) is 4.79 Å². The number of esters is 1. The van der Waals surface area contributed by atoms with Crippen LogP contribution in [0.5, 0.6) is 0 Å². The number of ether oxygens (including phenoxy) is 1. The van der Waals surface area contributed by atoms with Crippen molar-refractivity contribution in [2.45, 2.75) is 71.8 Å². The maximum atomic E-state index is 12.0. The molecule has 0 amide bonds. The lowest BCUT2D eigenvalue weighted by Gasteiger charge is -2.21. The Bertz CT molecular complexity index is 568. The number of fused-ring (bicyclic) bond motifs is 2. The second-order valence-corrected chi connectivity index (χ2v) is 8.25. The lowest BCUT2D eigenvalue weighted by atomic mass is 9.85. The van der Waals surface area contributed by atoms with Gasteiger partial charge < -0.3 is 4.74 Å². The second kappa shape index (κ2) is 6.30. The van der Waals surface area contributed by atoms with Crippen LogP contribution >= 0.6 is 0 Å². The van der Waals surface area contributed by atoms with Gasteiger partial charge in [-0.15, -0.1) is 0 Å². The predicted octanol–water partition coefficient (Wildman–Crippen LogP) is 5.36. The van der Waals surface area contributed by atoms with Crippen LogP contribution in [-0.4, -0.2) is 12.1 Å². The van der Waals surface area contributed by atoms with E-state index in [9.17, 15) is 4.79 Å². The summed E-state index contributed by atoms with van der Waals surface area (Å²) in [6, 6.07) is 0. The van der Waals surface area contributed by atoms with E-state index in [0.29, 0.717) is 11.0 Å². The average molecular weight is 314 g/mol. The minimum Gasteiger partial charge on any atom is -0.458 e. The Balaban J connectivity index is 1.79. The summed E-state index contributed by atoms with van der Waals surface area (Å²) in [6.07, 6.45) is 12.6. The molecule has 2 heteroatoms. The summed E-state index contributed by atoms with van der Waals surface area (Å²) in [4.78, 5) is 12.0. The van der Waals surface area contributed by atoms with Crippen LogP contribution in [0.15, 0.2) is 35.5 Å². The fourth-order valence-corrected chi connectivity index (χ4v) is 4.29. The molecule has 1 saturated carbocycles. The van der Waals surface area contributed by atoms with Gasteiger partial charge in [-0.1, -0.05) is 36.8 Å². The largest absolute Gasteiger partial charge is 0.458 e. The highest BCUT2D eigenvalue weighted by Gasteiger charge is 2.53. The molecule has 2 nitrogen and oxygen atoms in total. The molecule has 4 atom stereocenters. The zero-order valence-corrected chi connectivity index (χ0v) is 14.9. The fourth-order valence-electron chi connectivity index (χ4n) is 4.29. The van der Waals surface area contributed by atoms with Crippen molar-refractivity contribution in [3.63, 3.8) is 0 Å². The fraction of sp³-hybridized carbons (Fsp3) is 0.667. The van der Waals surface area contributed by atoms with Crippen LogP contribution in [0.25, 0.3) is 0 Å². The van der Waals surface area contributed by atoms with E-state index in [1.54, 1.807) is 0 Å². The van der Waals surface area contributed by atoms with Crippen molar-refractivity contribution >= 4 is 5.97 Å². The molecule has 1 aliphatic heterocycles. The maximum absolute atomic E-state index is 12.0. The molecule has 23 heavy (non-hydrogen) atoms. The Kier molecular flexibility index (Phi) is 4.53. The maximum Gasteiger partial charge on any atom is 0.334 e. The van der Waals surface area contributed by atoms with E-state index in [0.717, 1.165) is 31.6 Å². The highest BCUT2D eigenvalue weighted by atomic mass is 16.6. The van der Waals surface area contributed by atoms with Crippen molar-refractivity contribution in [3.05, 3.63) is 35.5 Å². The lowest BCUT2D eigenvalue weighted by Crippen LogP contribution is -2.21. The molecule has 0 aromatic carbocycles. The van der Waals surface area contributed by atoms with Crippen LogP contribution in [0.3, 0.4) is 0 Å². The number of carbonyl (C=O) groups excluding carboxylic acids is 1. The quantitative estimate of drug-likeness (QED) is 0.342. The number of allylic oxidation sites excluding steroid dienone is 4. The van der Waals surface area contributed by atoms with Crippen molar-refractivity contribution in [2.75, 3.05) is 0 Å². The van der Waals surface area contributed by atoms with Crippen molar-refractivity contribution in [1.29, 1.82) is 0 Å². The van der Waals surface area contributed by atoms with E-state index in [-0.39, 0.29) is 18.0 Å². The normalized spacial score (nSPS) is 38.7. The number of hydrogen-bond donors (Lipinski definition) is 0. The summed E-state index contributed by atoms with van der Waals surface area (Å²) < 4.78 is 5.68. The number of hydrogen-bond acceptors (Lipinski definition) is 2. The molecule has 0 bridgehead atoms. The van der Waals surface area contributed by atoms with E-state index >= 15 is 0 Å². The van der Waals surface area contributed by atoms with E-state index in [4.69, 9.17) is 4.74 Å².